The van der Waals surface area contributed by atoms with Crippen molar-refractivity contribution in [1.29, 1.82) is 0 Å². The Labute approximate surface area is 393 Å². The van der Waals surface area contributed by atoms with E-state index < -0.39 is 6.10 Å². The fraction of sp³-hybridized carbons (Fsp3) is 0.947. The molecule has 0 bridgehead atoms. The molecule has 1 unspecified atom stereocenters. The maximum absolute atomic E-state index is 12.8. The molecule has 0 radical (unpaired) electrons. The van der Waals surface area contributed by atoms with E-state index >= 15 is 0 Å². The minimum Gasteiger partial charge on any atom is -0.462 e. The molecule has 0 amide bonds. The molecule has 0 aliphatic heterocycles. The maximum atomic E-state index is 12.8. The molecule has 0 N–H and O–H groups in total. The minimum absolute atomic E-state index is 0.0637. The van der Waals surface area contributed by atoms with Gasteiger partial charge in [0, 0.05) is 19.3 Å². The van der Waals surface area contributed by atoms with Gasteiger partial charge in [-0.2, -0.15) is 0 Å². The van der Waals surface area contributed by atoms with Crippen molar-refractivity contribution in [2.45, 2.75) is 323 Å². The van der Waals surface area contributed by atoms with Gasteiger partial charge in [-0.1, -0.05) is 279 Å². The second-order valence-corrected chi connectivity index (χ2v) is 20.3. The Morgan fingerprint density at radius 1 is 0.333 bits per heavy atom. The third kappa shape index (κ3) is 49.7. The summed E-state index contributed by atoms with van der Waals surface area (Å²) in [6.07, 6.45) is 52.4. The standard InChI is InChI=1S/C57H110O6/c1-6-8-9-10-11-12-13-14-15-16-17-18-23-26-29-32-39-44-49-57(60)63-54(51-62-56(59)48-43-38-34-33-36-41-46-53(5)7-2)50-61-55(58)47-42-37-31-28-25-22-20-19-21-24-27-30-35-40-45-52(3)4/h52-54H,6-51H2,1-5H3/t53?,54-/m1/s1. The van der Waals surface area contributed by atoms with Crippen LogP contribution in [0, 0.1) is 11.8 Å². The zero-order valence-electron chi connectivity index (χ0n) is 43.2. The highest BCUT2D eigenvalue weighted by atomic mass is 16.6. The first-order valence-corrected chi connectivity index (χ1v) is 28.3. The molecule has 0 aromatic carbocycles. The van der Waals surface area contributed by atoms with Gasteiger partial charge in [-0.25, -0.2) is 0 Å². The first-order chi connectivity index (χ1) is 30.8. The third-order valence-corrected chi connectivity index (χ3v) is 13.3. The molecule has 0 aliphatic carbocycles. The zero-order chi connectivity index (χ0) is 46.1. The SMILES string of the molecule is CCCCCCCCCCCCCCCCCCCCC(=O)O[C@H](COC(=O)CCCCCCCCCCCCCCCCC(C)C)COC(=O)CCCCCCCCC(C)CC. The second-order valence-electron chi connectivity index (χ2n) is 20.3. The third-order valence-electron chi connectivity index (χ3n) is 13.3. The molecule has 0 saturated carbocycles. The predicted octanol–water partition coefficient (Wildman–Crippen LogP) is 18.5. The number of hydrogen-bond donors (Lipinski definition) is 0. The summed E-state index contributed by atoms with van der Waals surface area (Å²) in [4.78, 5) is 38.0. The summed E-state index contributed by atoms with van der Waals surface area (Å²) in [5.41, 5.74) is 0. The lowest BCUT2D eigenvalue weighted by Crippen LogP contribution is -2.30. The zero-order valence-corrected chi connectivity index (χ0v) is 43.2. The molecule has 0 rings (SSSR count). The van der Waals surface area contributed by atoms with Crippen LogP contribution in [0.25, 0.3) is 0 Å². The van der Waals surface area contributed by atoms with Crippen LogP contribution in [0.4, 0.5) is 0 Å². The summed E-state index contributed by atoms with van der Waals surface area (Å²) in [5.74, 6) is 0.814. The van der Waals surface area contributed by atoms with Gasteiger partial charge in [0.15, 0.2) is 6.10 Å². The van der Waals surface area contributed by atoms with Crippen molar-refractivity contribution in [3.8, 4) is 0 Å². The fourth-order valence-electron chi connectivity index (χ4n) is 8.66. The second kappa shape index (κ2) is 49.8. The van der Waals surface area contributed by atoms with Gasteiger partial charge in [0.1, 0.15) is 13.2 Å². The highest BCUT2D eigenvalue weighted by Crippen LogP contribution is 2.18. The molecule has 374 valence electrons. The summed E-state index contributed by atoms with van der Waals surface area (Å²) < 4.78 is 16.9. The van der Waals surface area contributed by atoms with E-state index in [0.717, 1.165) is 69.6 Å². The van der Waals surface area contributed by atoms with E-state index in [1.807, 2.05) is 0 Å². The Bertz CT molecular complexity index is 964. The van der Waals surface area contributed by atoms with Crippen LogP contribution >= 0.6 is 0 Å². The number of unbranched alkanes of at least 4 members (excludes halogenated alkanes) is 35. The van der Waals surface area contributed by atoms with Gasteiger partial charge in [0.05, 0.1) is 0 Å². The van der Waals surface area contributed by atoms with Crippen LogP contribution in [-0.2, 0) is 28.6 Å². The smallest absolute Gasteiger partial charge is 0.306 e. The van der Waals surface area contributed by atoms with Crippen LogP contribution < -0.4 is 0 Å². The van der Waals surface area contributed by atoms with Crippen molar-refractivity contribution in [3.05, 3.63) is 0 Å². The van der Waals surface area contributed by atoms with E-state index in [9.17, 15) is 14.4 Å². The van der Waals surface area contributed by atoms with Crippen LogP contribution in [0.15, 0.2) is 0 Å². The predicted molar refractivity (Wildman–Crippen MR) is 270 cm³/mol. The first kappa shape index (κ1) is 61.4. The Morgan fingerprint density at radius 3 is 0.905 bits per heavy atom. The van der Waals surface area contributed by atoms with Crippen LogP contribution in [0.1, 0.15) is 317 Å². The summed E-state index contributed by atoms with van der Waals surface area (Å²) in [6, 6.07) is 0. The van der Waals surface area contributed by atoms with Gasteiger partial charge in [-0.3, -0.25) is 14.4 Å². The molecule has 6 nitrogen and oxygen atoms in total. The Kier molecular flexibility index (Phi) is 48.6. The van der Waals surface area contributed by atoms with Gasteiger partial charge in [-0.15, -0.1) is 0 Å². The van der Waals surface area contributed by atoms with Gasteiger partial charge in [0.2, 0.25) is 0 Å². The molecule has 0 saturated heterocycles. The summed E-state index contributed by atoms with van der Waals surface area (Å²) in [7, 11) is 0. The topological polar surface area (TPSA) is 78.9 Å². The lowest BCUT2D eigenvalue weighted by molar-refractivity contribution is -0.167. The first-order valence-electron chi connectivity index (χ1n) is 28.3. The fourth-order valence-corrected chi connectivity index (χ4v) is 8.66. The van der Waals surface area contributed by atoms with E-state index in [2.05, 4.69) is 34.6 Å². The molecule has 6 heteroatoms. The lowest BCUT2D eigenvalue weighted by atomic mass is 10.00. The Balaban J connectivity index is 4.26. The number of ether oxygens (including phenoxy) is 3. The number of esters is 3. The van der Waals surface area contributed by atoms with Crippen molar-refractivity contribution in [1.82, 2.24) is 0 Å². The molecule has 0 aromatic heterocycles. The maximum Gasteiger partial charge on any atom is 0.306 e. The molecular weight excluding hydrogens is 781 g/mol. The van der Waals surface area contributed by atoms with Crippen molar-refractivity contribution in [2.75, 3.05) is 13.2 Å². The molecule has 2 atom stereocenters. The quantitative estimate of drug-likeness (QED) is 0.0344. The number of rotatable bonds is 51. The van der Waals surface area contributed by atoms with Crippen LogP contribution in [0.2, 0.25) is 0 Å². The number of hydrogen-bond acceptors (Lipinski definition) is 6. The molecule has 0 heterocycles. The average Bonchev–Trinajstić information content (AvgIpc) is 3.27. The van der Waals surface area contributed by atoms with Crippen LogP contribution in [0.3, 0.4) is 0 Å². The molecule has 0 aromatic rings. The lowest BCUT2D eigenvalue weighted by Gasteiger charge is -2.18. The normalized spacial score (nSPS) is 12.5. The number of carbonyl (C=O) groups is 3. The van der Waals surface area contributed by atoms with Crippen molar-refractivity contribution in [3.63, 3.8) is 0 Å². The van der Waals surface area contributed by atoms with E-state index in [0.29, 0.717) is 19.3 Å². The largest absolute Gasteiger partial charge is 0.462 e. The van der Waals surface area contributed by atoms with Gasteiger partial charge in [-0.05, 0) is 31.1 Å². The van der Waals surface area contributed by atoms with Crippen LogP contribution in [0.5, 0.6) is 0 Å². The minimum atomic E-state index is -0.763. The highest BCUT2D eigenvalue weighted by molar-refractivity contribution is 5.71. The van der Waals surface area contributed by atoms with Crippen LogP contribution in [-0.4, -0.2) is 37.2 Å². The molecule has 0 spiro atoms. The molecule has 0 aliphatic rings. The van der Waals surface area contributed by atoms with E-state index in [1.54, 1.807) is 0 Å². The number of carbonyl (C=O) groups excluding carboxylic acids is 3. The molecule has 63 heavy (non-hydrogen) atoms. The van der Waals surface area contributed by atoms with E-state index in [1.165, 1.54) is 205 Å². The van der Waals surface area contributed by atoms with Crippen molar-refractivity contribution < 1.29 is 28.6 Å². The van der Waals surface area contributed by atoms with E-state index in [-0.39, 0.29) is 31.1 Å². The van der Waals surface area contributed by atoms with Crippen molar-refractivity contribution in [2.24, 2.45) is 11.8 Å². The summed E-state index contributed by atoms with van der Waals surface area (Å²) in [6.45, 7) is 11.4. The Morgan fingerprint density at radius 2 is 0.603 bits per heavy atom. The Hall–Kier alpha value is -1.59. The highest BCUT2D eigenvalue weighted by Gasteiger charge is 2.19. The van der Waals surface area contributed by atoms with Gasteiger partial charge in [0.25, 0.3) is 0 Å². The van der Waals surface area contributed by atoms with E-state index in [4.69, 9.17) is 14.2 Å². The summed E-state index contributed by atoms with van der Waals surface area (Å²) in [5, 5.41) is 0. The monoisotopic (exact) mass is 891 g/mol. The average molecular weight is 892 g/mol. The molecular formula is C57H110O6. The molecule has 0 fully saturated rings. The van der Waals surface area contributed by atoms with Gasteiger partial charge < -0.3 is 14.2 Å². The summed E-state index contributed by atoms with van der Waals surface area (Å²) >= 11 is 0. The van der Waals surface area contributed by atoms with Gasteiger partial charge >= 0.3 is 17.9 Å². The van der Waals surface area contributed by atoms with Crippen molar-refractivity contribution >= 4 is 17.9 Å².